The molecule has 0 saturated heterocycles. The molecule has 0 bridgehead atoms. The number of nitrogens with zero attached hydrogens (tertiary/aromatic N) is 13. The van der Waals surface area contributed by atoms with E-state index in [1.165, 1.54) is 0 Å². The molecule has 558 valence electrons. The van der Waals surface area contributed by atoms with Gasteiger partial charge in [-0.25, -0.2) is 9.97 Å². The number of pyridine rings is 2. The van der Waals surface area contributed by atoms with Crippen LogP contribution in [-0.2, 0) is 0 Å². The fourth-order valence-electron chi connectivity index (χ4n) is 18.4. The standard InChI is InChI=1S/C106H63N13O/c1-6-24-64(25-7-1)101-109-102(65-26-8-2-9-27-65)112-105(111-101)118-89-39-21-16-34-76(89)79-48-42-70(58-94(79)118)69-46-52-91-84(57-69)78-36-18-20-38-88(78)117(91)75-62-82(100-86(63-75)99-97(120-100)41-23-55-108-99)72-44-50-81-80-49-43-71(59-95(80)119(96(81)60-72)106-113-103(66-28-10-3-11-29-66)110-104(114-106)67-30-12-4-13-31-67)68-45-51-90-83(56-68)77-35-17-19-37-87(77)116(90)74-47-53-92-85(61-74)98-93(40-22-54-107-98)115(92)73-32-14-5-15-33-73/h1-63H. The van der Waals surface area contributed by atoms with Crippen LogP contribution >= 0.6 is 0 Å². The normalized spacial score (nSPS) is 12.0. The van der Waals surface area contributed by atoms with Crippen LogP contribution in [-0.4, -0.2) is 62.7 Å². The Morgan fingerprint density at radius 2 is 0.550 bits per heavy atom. The maximum atomic E-state index is 7.07. The number of rotatable bonds is 12. The predicted molar refractivity (Wildman–Crippen MR) is 486 cm³/mol. The van der Waals surface area contributed by atoms with E-state index >= 15 is 0 Å². The lowest BCUT2D eigenvalue weighted by Gasteiger charge is -2.13. The zero-order valence-electron chi connectivity index (χ0n) is 64.1. The minimum Gasteiger partial charge on any atom is -0.454 e. The maximum Gasteiger partial charge on any atom is 0.238 e. The molecule has 0 atom stereocenters. The van der Waals surface area contributed by atoms with Gasteiger partial charge in [-0.3, -0.25) is 19.1 Å². The van der Waals surface area contributed by atoms with Crippen molar-refractivity contribution in [2.45, 2.75) is 0 Å². The number of benzene rings is 15. The van der Waals surface area contributed by atoms with Gasteiger partial charge in [0, 0.05) is 111 Å². The van der Waals surface area contributed by atoms with Crippen LogP contribution in [0.15, 0.2) is 387 Å². The smallest absolute Gasteiger partial charge is 0.238 e. The second-order valence-electron chi connectivity index (χ2n) is 30.6. The quantitative estimate of drug-likeness (QED) is 0.117. The fourth-order valence-corrected chi connectivity index (χ4v) is 18.4. The molecule has 0 fully saturated rings. The van der Waals surface area contributed by atoms with Gasteiger partial charge in [-0.05, 0) is 155 Å². The number of aromatic nitrogens is 13. The highest BCUT2D eigenvalue weighted by Crippen LogP contribution is 2.46. The Hall–Kier alpha value is -16.6. The van der Waals surface area contributed by atoms with Gasteiger partial charge in [-0.15, -0.1) is 0 Å². The van der Waals surface area contributed by atoms with Gasteiger partial charge in [0.25, 0.3) is 0 Å². The second kappa shape index (κ2) is 26.5. The first-order valence-corrected chi connectivity index (χ1v) is 40.2. The van der Waals surface area contributed by atoms with Crippen molar-refractivity contribution in [2.75, 3.05) is 0 Å². The molecule has 14 nitrogen and oxygen atoms in total. The van der Waals surface area contributed by atoms with Gasteiger partial charge >= 0.3 is 0 Å². The molecule has 0 aliphatic rings. The van der Waals surface area contributed by atoms with E-state index in [9.17, 15) is 0 Å². The highest BCUT2D eigenvalue weighted by atomic mass is 16.3. The van der Waals surface area contributed by atoms with Gasteiger partial charge in [0.1, 0.15) is 11.1 Å². The summed E-state index contributed by atoms with van der Waals surface area (Å²) in [6.45, 7) is 0. The van der Waals surface area contributed by atoms with Crippen molar-refractivity contribution in [1.29, 1.82) is 0 Å². The van der Waals surface area contributed by atoms with Crippen LogP contribution in [0.4, 0.5) is 0 Å². The summed E-state index contributed by atoms with van der Waals surface area (Å²) < 4.78 is 18.6. The molecule has 25 aromatic rings. The zero-order chi connectivity index (χ0) is 78.6. The summed E-state index contributed by atoms with van der Waals surface area (Å²) in [4.78, 5) is 41.9. The van der Waals surface area contributed by atoms with Gasteiger partial charge in [-0.2, -0.15) is 19.9 Å². The van der Waals surface area contributed by atoms with Gasteiger partial charge in [0.15, 0.2) is 28.9 Å². The van der Waals surface area contributed by atoms with Crippen LogP contribution in [0.5, 0.6) is 0 Å². The first-order chi connectivity index (χ1) is 59.5. The summed E-state index contributed by atoms with van der Waals surface area (Å²) in [5.74, 6) is 3.32. The van der Waals surface area contributed by atoms with Crippen molar-refractivity contribution in [3.63, 3.8) is 0 Å². The molecule has 0 aliphatic carbocycles. The predicted octanol–water partition coefficient (Wildman–Crippen LogP) is 25.9. The van der Waals surface area contributed by atoms with Crippen LogP contribution in [0, 0.1) is 0 Å². The Morgan fingerprint density at radius 1 is 0.192 bits per heavy atom. The van der Waals surface area contributed by atoms with Crippen molar-refractivity contribution < 1.29 is 4.42 Å². The van der Waals surface area contributed by atoms with Crippen LogP contribution in [0.25, 0.3) is 239 Å². The Bertz CT molecular complexity index is 8420. The van der Waals surface area contributed by atoms with Crippen molar-refractivity contribution in [2.24, 2.45) is 0 Å². The number of para-hydroxylation sites is 4. The van der Waals surface area contributed by atoms with E-state index in [0.717, 1.165) is 198 Å². The maximum absolute atomic E-state index is 7.07. The van der Waals surface area contributed by atoms with Crippen molar-refractivity contribution in [1.82, 2.24) is 62.7 Å². The first-order valence-electron chi connectivity index (χ1n) is 40.2. The number of fused-ring (bicyclic) bond motifs is 18. The average molecular weight is 1530 g/mol. The van der Waals surface area contributed by atoms with Gasteiger partial charge in [-0.1, -0.05) is 243 Å². The minimum absolute atomic E-state index is 0.478. The topological polar surface area (TPSA) is 141 Å². The van der Waals surface area contributed by atoms with E-state index in [1.807, 2.05) is 128 Å². The largest absolute Gasteiger partial charge is 0.454 e. The lowest BCUT2D eigenvalue weighted by Crippen LogP contribution is -2.06. The monoisotopic (exact) mass is 1530 g/mol. The minimum atomic E-state index is 0.478. The van der Waals surface area contributed by atoms with E-state index in [0.29, 0.717) is 40.8 Å². The third-order valence-corrected chi connectivity index (χ3v) is 23.9. The molecule has 25 rings (SSSR count). The van der Waals surface area contributed by atoms with E-state index in [2.05, 4.69) is 278 Å². The third-order valence-electron chi connectivity index (χ3n) is 23.9. The lowest BCUT2D eigenvalue weighted by molar-refractivity contribution is 0.669. The van der Waals surface area contributed by atoms with Crippen molar-refractivity contribution in [3.8, 4) is 108 Å². The van der Waals surface area contributed by atoms with E-state index in [4.69, 9.17) is 44.3 Å². The molecule has 15 aromatic carbocycles. The number of hydrogen-bond donors (Lipinski definition) is 0. The van der Waals surface area contributed by atoms with Crippen LogP contribution in [0.3, 0.4) is 0 Å². The van der Waals surface area contributed by atoms with Crippen LogP contribution < -0.4 is 0 Å². The molecule has 0 amide bonds. The SMILES string of the molecule is c1ccc(-c2nc(-c3ccccc3)nc(-n3c4ccccc4c4ccc(-c5ccc6c(c5)c5ccccc5n6-c5cc(-c6ccc7c8ccc(-c9ccc%10c(c9)c9ccccc9n%10-c9ccc%10c(c9)c9ncccc9n%10-c9ccccc9)cc8n(-c8nc(-c9ccccc9)nc(-c9ccccc9)n8)c7c6)c6oc7cccnc7c6c5)cc43)n2)cc1. The molecule has 120 heavy (non-hydrogen) atoms. The Labute approximate surface area is 684 Å². The molecule has 0 unspecified atom stereocenters. The Kier molecular flexibility index (Phi) is 14.8. The first kappa shape index (κ1) is 66.8. The zero-order valence-corrected chi connectivity index (χ0v) is 64.1. The molecule has 0 radical (unpaired) electrons. The van der Waals surface area contributed by atoms with Gasteiger partial charge in [0.05, 0.1) is 60.7 Å². The molecule has 0 N–H and O–H groups in total. The fraction of sp³-hybridized carbons (Fsp3) is 0. The second-order valence-corrected chi connectivity index (χ2v) is 30.6. The molecular weight excluding hydrogens is 1470 g/mol. The van der Waals surface area contributed by atoms with E-state index < -0.39 is 0 Å². The molecule has 0 aliphatic heterocycles. The summed E-state index contributed by atoms with van der Waals surface area (Å²) in [5, 5.41) is 10.7. The summed E-state index contributed by atoms with van der Waals surface area (Å²) in [6, 6.07) is 131. The van der Waals surface area contributed by atoms with E-state index in [-0.39, 0.29) is 0 Å². The Morgan fingerprint density at radius 3 is 1.07 bits per heavy atom. The number of hydrogen-bond acceptors (Lipinski definition) is 9. The molecule has 0 saturated carbocycles. The molecular formula is C106H63N13O. The van der Waals surface area contributed by atoms with Crippen LogP contribution in [0.2, 0.25) is 0 Å². The van der Waals surface area contributed by atoms with E-state index in [1.54, 1.807) is 0 Å². The highest BCUT2D eigenvalue weighted by Gasteiger charge is 2.27. The summed E-state index contributed by atoms with van der Waals surface area (Å²) in [6.07, 6.45) is 3.74. The highest BCUT2D eigenvalue weighted by molar-refractivity contribution is 6.18. The van der Waals surface area contributed by atoms with Gasteiger partial charge in [0.2, 0.25) is 11.9 Å². The van der Waals surface area contributed by atoms with Gasteiger partial charge < -0.3 is 18.1 Å². The average Bonchev–Trinajstić information content (AvgIpc) is 1.57. The summed E-state index contributed by atoms with van der Waals surface area (Å²) >= 11 is 0. The van der Waals surface area contributed by atoms with Crippen LogP contribution in [0.1, 0.15) is 0 Å². The summed E-state index contributed by atoms with van der Waals surface area (Å²) in [5.41, 5.74) is 26.1. The van der Waals surface area contributed by atoms with Crippen molar-refractivity contribution >= 4 is 131 Å². The Balaban J connectivity index is 0.660. The third kappa shape index (κ3) is 10.5. The van der Waals surface area contributed by atoms with Crippen molar-refractivity contribution in [3.05, 3.63) is 382 Å². The molecule has 10 aromatic heterocycles. The molecule has 0 spiro atoms. The summed E-state index contributed by atoms with van der Waals surface area (Å²) in [7, 11) is 0. The lowest BCUT2D eigenvalue weighted by atomic mass is 9.99. The number of furan rings is 1. The molecule has 10 heterocycles. The molecule has 14 heteroatoms.